The molecule has 102 valence electrons. The van der Waals surface area contributed by atoms with Gasteiger partial charge in [0.15, 0.2) is 0 Å². The molecule has 0 N–H and O–H groups in total. The Kier molecular flexibility index (Phi) is 8.83. The second kappa shape index (κ2) is 8.89. The first kappa shape index (κ1) is 16.9. The normalized spacial score (nSPS) is 16.4. The van der Waals surface area contributed by atoms with Crippen LogP contribution in [-0.2, 0) is 9.47 Å². The van der Waals surface area contributed by atoms with Gasteiger partial charge < -0.3 is 9.47 Å². The van der Waals surface area contributed by atoms with Crippen LogP contribution in [0.15, 0.2) is 11.8 Å². The Balaban J connectivity index is 4.12. The highest BCUT2D eigenvalue weighted by Gasteiger charge is 2.16. The highest BCUT2D eigenvalue weighted by molar-refractivity contribution is 6.80. The zero-order valence-electron chi connectivity index (χ0n) is 12.5. The van der Waals surface area contributed by atoms with Gasteiger partial charge in [0.05, 0.1) is 14.2 Å². The van der Waals surface area contributed by atoms with Crippen LogP contribution in [0, 0.1) is 5.92 Å². The maximum absolute atomic E-state index is 5.73. The van der Waals surface area contributed by atoms with Crippen LogP contribution in [0.25, 0.3) is 0 Å². The lowest BCUT2D eigenvalue weighted by Gasteiger charge is -2.23. The summed E-state index contributed by atoms with van der Waals surface area (Å²) in [4.78, 5) is 0. The summed E-state index contributed by atoms with van der Waals surface area (Å²) in [6.45, 7) is 12.0. The second-order valence-corrected chi connectivity index (χ2v) is 10.9. The van der Waals surface area contributed by atoms with Gasteiger partial charge in [0.2, 0.25) is 0 Å². The van der Waals surface area contributed by atoms with E-state index in [0.29, 0.717) is 18.8 Å². The molecule has 0 heterocycles. The summed E-state index contributed by atoms with van der Waals surface area (Å²) >= 11 is 0. The quantitative estimate of drug-likeness (QED) is 0.455. The lowest BCUT2D eigenvalue weighted by molar-refractivity contribution is -0.0911. The fraction of sp³-hybridized carbons (Fsp3) is 0.857. The van der Waals surface area contributed by atoms with Crippen molar-refractivity contribution in [3.8, 4) is 0 Å². The zero-order valence-corrected chi connectivity index (χ0v) is 13.5. The molecule has 0 spiro atoms. The van der Waals surface area contributed by atoms with Crippen molar-refractivity contribution >= 4 is 8.07 Å². The predicted octanol–water partition coefficient (Wildman–Crippen LogP) is 4.24. The summed E-state index contributed by atoms with van der Waals surface area (Å²) in [6, 6.07) is 0. The summed E-state index contributed by atoms with van der Waals surface area (Å²) in [5.74, 6) is 0.567. The van der Waals surface area contributed by atoms with E-state index in [9.17, 15) is 0 Å². The minimum absolute atomic E-state index is 0.325. The van der Waals surface area contributed by atoms with E-state index < -0.39 is 8.07 Å². The standard InChI is InChI=1S/C14H30O2Si/c1-7-9-14(16-12-15-3)13(2)10-8-11-17(4,5)6/h8,11,13-14H,7,9-10,12H2,1-6H3/b11-8+/t13-,14-/m1/s1. The lowest BCUT2D eigenvalue weighted by atomic mass is 9.97. The first-order valence-corrected chi connectivity index (χ1v) is 10.3. The molecule has 2 atom stereocenters. The number of methoxy groups -OCH3 is 1. The fourth-order valence-electron chi connectivity index (χ4n) is 1.76. The molecule has 0 rings (SSSR count). The average Bonchev–Trinajstić information content (AvgIpc) is 2.22. The fourth-order valence-corrected chi connectivity index (χ4v) is 2.60. The van der Waals surface area contributed by atoms with Gasteiger partial charge in [-0.1, -0.05) is 51.7 Å². The monoisotopic (exact) mass is 258 g/mol. The number of ether oxygens (including phenoxy) is 2. The van der Waals surface area contributed by atoms with Crippen LogP contribution in [0.3, 0.4) is 0 Å². The summed E-state index contributed by atoms with van der Waals surface area (Å²) < 4.78 is 10.7. The van der Waals surface area contributed by atoms with Crippen LogP contribution in [0.5, 0.6) is 0 Å². The average molecular weight is 258 g/mol. The van der Waals surface area contributed by atoms with E-state index in [2.05, 4.69) is 45.3 Å². The Bertz CT molecular complexity index is 209. The van der Waals surface area contributed by atoms with Gasteiger partial charge in [0.1, 0.15) is 6.79 Å². The molecule has 0 aromatic carbocycles. The maximum atomic E-state index is 5.73. The maximum Gasteiger partial charge on any atom is 0.146 e. The van der Waals surface area contributed by atoms with E-state index in [0.717, 1.165) is 19.3 Å². The van der Waals surface area contributed by atoms with E-state index in [4.69, 9.17) is 9.47 Å². The Morgan fingerprint density at radius 1 is 1.24 bits per heavy atom. The highest BCUT2D eigenvalue weighted by atomic mass is 28.3. The van der Waals surface area contributed by atoms with Crippen molar-refractivity contribution in [1.29, 1.82) is 0 Å². The Labute approximate surface area is 108 Å². The Hall–Kier alpha value is -0.123. The minimum atomic E-state index is -1.05. The highest BCUT2D eigenvalue weighted by Crippen LogP contribution is 2.18. The zero-order chi connectivity index (χ0) is 13.3. The van der Waals surface area contributed by atoms with Gasteiger partial charge in [-0.2, -0.15) is 0 Å². The minimum Gasteiger partial charge on any atom is -0.359 e. The van der Waals surface area contributed by atoms with Gasteiger partial charge in [-0.05, 0) is 18.8 Å². The SMILES string of the molecule is CCC[C@@H](OCOC)[C@H](C)C/C=C/[Si](C)(C)C. The van der Waals surface area contributed by atoms with Gasteiger partial charge in [-0.25, -0.2) is 0 Å². The predicted molar refractivity (Wildman–Crippen MR) is 77.9 cm³/mol. The van der Waals surface area contributed by atoms with E-state index in [-0.39, 0.29) is 0 Å². The van der Waals surface area contributed by atoms with Crippen molar-refractivity contribution in [1.82, 2.24) is 0 Å². The molecule has 3 heteroatoms. The Morgan fingerprint density at radius 2 is 1.88 bits per heavy atom. The van der Waals surface area contributed by atoms with Crippen LogP contribution >= 0.6 is 0 Å². The van der Waals surface area contributed by atoms with E-state index in [1.165, 1.54) is 0 Å². The summed E-state index contributed by atoms with van der Waals surface area (Å²) in [6.07, 6.45) is 6.06. The molecular formula is C14H30O2Si. The molecule has 0 fully saturated rings. The van der Waals surface area contributed by atoms with E-state index in [1.807, 2.05) is 0 Å². The molecular weight excluding hydrogens is 228 g/mol. The van der Waals surface area contributed by atoms with Gasteiger partial charge >= 0.3 is 0 Å². The van der Waals surface area contributed by atoms with Crippen molar-refractivity contribution in [2.75, 3.05) is 13.9 Å². The van der Waals surface area contributed by atoms with Crippen molar-refractivity contribution in [3.05, 3.63) is 11.8 Å². The number of allylic oxidation sites excluding steroid dienone is 1. The molecule has 0 radical (unpaired) electrons. The van der Waals surface area contributed by atoms with E-state index >= 15 is 0 Å². The van der Waals surface area contributed by atoms with Gasteiger partial charge in [-0.3, -0.25) is 0 Å². The second-order valence-electron chi connectivity index (χ2n) is 5.88. The molecule has 17 heavy (non-hydrogen) atoms. The first-order valence-electron chi connectivity index (χ1n) is 6.69. The molecule has 0 saturated carbocycles. The lowest BCUT2D eigenvalue weighted by Crippen LogP contribution is -2.23. The van der Waals surface area contributed by atoms with Crippen LogP contribution in [-0.4, -0.2) is 28.1 Å². The Morgan fingerprint density at radius 3 is 2.35 bits per heavy atom. The summed E-state index contributed by atoms with van der Waals surface area (Å²) in [7, 11) is 0.631. The van der Waals surface area contributed by atoms with Crippen molar-refractivity contribution in [2.45, 2.75) is 58.9 Å². The topological polar surface area (TPSA) is 18.5 Å². The molecule has 0 saturated heterocycles. The molecule has 2 nitrogen and oxygen atoms in total. The van der Waals surface area contributed by atoms with Gasteiger partial charge in [-0.15, -0.1) is 0 Å². The van der Waals surface area contributed by atoms with Crippen LogP contribution < -0.4 is 0 Å². The first-order chi connectivity index (χ1) is 7.90. The van der Waals surface area contributed by atoms with Gasteiger partial charge in [0.25, 0.3) is 0 Å². The number of hydrogen-bond donors (Lipinski definition) is 0. The van der Waals surface area contributed by atoms with E-state index in [1.54, 1.807) is 7.11 Å². The third-order valence-electron chi connectivity index (χ3n) is 2.73. The van der Waals surface area contributed by atoms with Crippen molar-refractivity contribution in [2.24, 2.45) is 5.92 Å². The molecule has 0 aromatic rings. The molecule has 0 aromatic heterocycles. The van der Waals surface area contributed by atoms with Crippen LogP contribution in [0.1, 0.15) is 33.1 Å². The summed E-state index contributed by atoms with van der Waals surface area (Å²) in [5.41, 5.74) is 2.42. The van der Waals surface area contributed by atoms with Crippen LogP contribution in [0.4, 0.5) is 0 Å². The van der Waals surface area contributed by atoms with Crippen molar-refractivity contribution < 1.29 is 9.47 Å². The van der Waals surface area contributed by atoms with Crippen molar-refractivity contribution in [3.63, 3.8) is 0 Å². The molecule has 0 unspecified atom stereocenters. The largest absolute Gasteiger partial charge is 0.359 e. The summed E-state index contributed by atoms with van der Waals surface area (Å²) in [5, 5.41) is 0. The third kappa shape index (κ3) is 9.57. The molecule has 0 aliphatic heterocycles. The molecule has 0 aliphatic carbocycles. The molecule has 0 amide bonds. The number of hydrogen-bond acceptors (Lipinski definition) is 2. The smallest absolute Gasteiger partial charge is 0.146 e. The molecule has 0 aliphatic rings. The third-order valence-corrected chi connectivity index (χ3v) is 3.97. The van der Waals surface area contributed by atoms with Gasteiger partial charge in [0, 0.05) is 7.11 Å². The van der Waals surface area contributed by atoms with Crippen LogP contribution in [0.2, 0.25) is 19.6 Å². The molecule has 0 bridgehead atoms. The number of rotatable bonds is 9.